The first-order valence-corrected chi connectivity index (χ1v) is 6.52. The second-order valence-electron chi connectivity index (χ2n) is 5.05. The number of nitrogens with zero attached hydrogens (tertiary/aromatic N) is 1. The zero-order chi connectivity index (χ0) is 13.4. The Bertz CT molecular complexity index is 636. The molecule has 0 spiro atoms. The zero-order valence-corrected chi connectivity index (χ0v) is 10.8. The molecule has 1 aromatic carbocycles. The van der Waals surface area contributed by atoms with E-state index >= 15 is 0 Å². The normalized spacial score (nSPS) is 18.8. The summed E-state index contributed by atoms with van der Waals surface area (Å²) >= 11 is 0. The van der Waals surface area contributed by atoms with Crippen LogP contribution in [0.3, 0.4) is 0 Å². The van der Waals surface area contributed by atoms with Gasteiger partial charge in [-0.15, -0.1) is 0 Å². The molecule has 1 saturated heterocycles. The number of ether oxygens (including phenoxy) is 1. The van der Waals surface area contributed by atoms with Crippen molar-refractivity contribution in [2.45, 2.75) is 18.9 Å². The van der Waals surface area contributed by atoms with Crippen LogP contribution in [0.15, 0.2) is 27.4 Å². The third-order valence-electron chi connectivity index (χ3n) is 3.87. The molecule has 1 aliphatic rings. The van der Waals surface area contributed by atoms with Gasteiger partial charge in [0, 0.05) is 20.3 Å². The van der Waals surface area contributed by atoms with E-state index < -0.39 is 6.10 Å². The standard InChI is InChI=1S/C14H17NO4/c1-15-11-3-2-10(8-12(11)19-14(15)17)13(16)9-4-6-18-7-5-9/h2-3,8-9,13,16H,4-7H2,1H3. The first-order valence-electron chi connectivity index (χ1n) is 6.52. The summed E-state index contributed by atoms with van der Waals surface area (Å²) in [6.07, 6.45) is 1.19. The fourth-order valence-corrected chi connectivity index (χ4v) is 2.64. The van der Waals surface area contributed by atoms with Crippen LogP contribution in [0.5, 0.6) is 0 Å². The molecule has 5 nitrogen and oxygen atoms in total. The summed E-state index contributed by atoms with van der Waals surface area (Å²) < 4.78 is 11.9. The molecule has 0 saturated carbocycles. The monoisotopic (exact) mass is 263 g/mol. The Morgan fingerprint density at radius 3 is 2.84 bits per heavy atom. The molecule has 3 rings (SSSR count). The van der Waals surface area contributed by atoms with Gasteiger partial charge in [0.1, 0.15) is 0 Å². The topological polar surface area (TPSA) is 64.6 Å². The van der Waals surface area contributed by atoms with Crippen molar-refractivity contribution in [3.8, 4) is 0 Å². The minimum atomic E-state index is -0.529. The van der Waals surface area contributed by atoms with Crippen LogP contribution in [0.4, 0.5) is 0 Å². The van der Waals surface area contributed by atoms with E-state index in [2.05, 4.69) is 0 Å². The Hall–Kier alpha value is -1.59. The molecule has 102 valence electrons. The Labute approximate surface area is 110 Å². The maximum Gasteiger partial charge on any atom is 0.419 e. The SMILES string of the molecule is Cn1c(=O)oc2cc(C(O)C3CCOCC3)ccc21. The lowest BCUT2D eigenvalue weighted by Gasteiger charge is -2.26. The molecular formula is C14H17NO4. The molecule has 5 heteroatoms. The minimum absolute atomic E-state index is 0.210. The average molecular weight is 263 g/mol. The van der Waals surface area contributed by atoms with Gasteiger partial charge >= 0.3 is 5.76 Å². The van der Waals surface area contributed by atoms with Gasteiger partial charge < -0.3 is 14.3 Å². The highest BCUT2D eigenvalue weighted by molar-refractivity contribution is 5.73. The van der Waals surface area contributed by atoms with Gasteiger partial charge in [-0.05, 0) is 36.5 Å². The van der Waals surface area contributed by atoms with Crippen molar-refractivity contribution in [3.05, 3.63) is 34.3 Å². The van der Waals surface area contributed by atoms with Crippen LogP contribution in [0.2, 0.25) is 0 Å². The fourth-order valence-electron chi connectivity index (χ4n) is 2.64. The summed E-state index contributed by atoms with van der Waals surface area (Å²) in [5.74, 6) is -0.172. The zero-order valence-electron chi connectivity index (χ0n) is 10.8. The maximum absolute atomic E-state index is 11.4. The predicted molar refractivity (Wildman–Crippen MR) is 70.0 cm³/mol. The molecule has 1 N–H and O–H groups in total. The second-order valence-corrected chi connectivity index (χ2v) is 5.05. The van der Waals surface area contributed by atoms with Gasteiger partial charge in [0.2, 0.25) is 0 Å². The lowest BCUT2D eigenvalue weighted by atomic mass is 9.89. The van der Waals surface area contributed by atoms with Gasteiger partial charge in [-0.25, -0.2) is 4.79 Å². The van der Waals surface area contributed by atoms with Gasteiger partial charge in [-0.1, -0.05) is 6.07 Å². The predicted octanol–water partition coefficient (Wildman–Crippen LogP) is 1.59. The van der Waals surface area contributed by atoms with E-state index in [4.69, 9.17) is 9.15 Å². The Morgan fingerprint density at radius 2 is 2.11 bits per heavy atom. The summed E-state index contributed by atoms with van der Waals surface area (Å²) in [6.45, 7) is 1.40. The van der Waals surface area contributed by atoms with E-state index in [1.54, 1.807) is 13.1 Å². The smallest absolute Gasteiger partial charge is 0.408 e. The van der Waals surface area contributed by atoms with Crippen LogP contribution >= 0.6 is 0 Å². The summed E-state index contributed by atoms with van der Waals surface area (Å²) in [7, 11) is 1.67. The molecule has 1 atom stereocenters. The van der Waals surface area contributed by atoms with Gasteiger partial charge in [-0.3, -0.25) is 4.57 Å². The van der Waals surface area contributed by atoms with Crippen LogP contribution in [-0.2, 0) is 11.8 Å². The van der Waals surface area contributed by atoms with Gasteiger partial charge in [0.05, 0.1) is 11.6 Å². The summed E-state index contributed by atoms with van der Waals surface area (Å²) in [5, 5.41) is 10.4. The number of aliphatic hydroxyl groups excluding tert-OH is 1. The molecule has 19 heavy (non-hydrogen) atoms. The largest absolute Gasteiger partial charge is 0.419 e. The van der Waals surface area contributed by atoms with Crippen molar-refractivity contribution in [3.63, 3.8) is 0 Å². The average Bonchev–Trinajstić information content (AvgIpc) is 2.74. The van der Waals surface area contributed by atoms with Crippen LogP contribution in [0.1, 0.15) is 24.5 Å². The van der Waals surface area contributed by atoms with Crippen molar-refractivity contribution in [1.82, 2.24) is 4.57 Å². The summed E-state index contributed by atoms with van der Waals surface area (Å²) in [6, 6.07) is 5.44. The van der Waals surface area contributed by atoms with Crippen LogP contribution in [0.25, 0.3) is 11.1 Å². The Morgan fingerprint density at radius 1 is 1.37 bits per heavy atom. The highest BCUT2D eigenvalue weighted by atomic mass is 16.5. The van der Waals surface area contributed by atoms with Crippen molar-refractivity contribution < 1.29 is 14.3 Å². The molecule has 0 aliphatic carbocycles. The van der Waals surface area contributed by atoms with Gasteiger partial charge in [0.15, 0.2) is 5.58 Å². The Balaban J connectivity index is 1.94. The lowest BCUT2D eigenvalue weighted by Crippen LogP contribution is -2.21. The highest BCUT2D eigenvalue weighted by Gasteiger charge is 2.24. The highest BCUT2D eigenvalue weighted by Crippen LogP contribution is 2.31. The number of aryl methyl sites for hydroxylation is 1. The van der Waals surface area contributed by atoms with Crippen molar-refractivity contribution in [2.24, 2.45) is 13.0 Å². The van der Waals surface area contributed by atoms with Gasteiger partial charge in [0.25, 0.3) is 0 Å². The molecule has 1 fully saturated rings. The van der Waals surface area contributed by atoms with Crippen LogP contribution in [0, 0.1) is 5.92 Å². The summed E-state index contributed by atoms with van der Waals surface area (Å²) in [4.78, 5) is 11.4. The van der Waals surface area contributed by atoms with Crippen molar-refractivity contribution in [2.75, 3.05) is 13.2 Å². The molecule has 0 radical (unpaired) electrons. The molecule has 0 amide bonds. The molecule has 2 heterocycles. The number of oxazole rings is 1. The number of benzene rings is 1. The first-order chi connectivity index (χ1) is 9.16. The molecule has 2 aromatic rings. The van der Waals surface area contributed by atoms with Crippen molar-refractivity contribution >= 4 is 11.1 Å². The van der Waals surface area contributed by atoms with E-state index in [9.17, 15) is 9.90 Å². The number of hydrogen-bond donors (Lipinski definition) is 1. The number of hydrogen-bond acceptors (Lipinski definition) is 4. The first kappa shape index (κ1) is 12.4. The lowest BCUT2D eigenvalue weighted by molar-refractivity contribution is 0.00721. The van der Waals surface area contributed by atoms with Crippen LogP contribution in [-0.4, -0.2) is 22.9 Å². The van der Waals surface area contributed by atoms with Gasteiger partial charge in [-0.2, -0.15) is 0 Å². The minimum Gasteiger partial charge on any atom is -0.408 e. The molecular weight excluding hydrogens is 246 g/mol. The van der Waals surface area contributed by atoms with E-state index in [-0.39, 0.29) is 11.7 Å². The van der Waals surface area contributed by atoms with E-state index in [0.29, 0.717) is 18.8 Å². The molecule has 1 aliphatic heterocycles. The molecule has 1 unspecified atom stereocenters. The van der Waals surface area contributed by atoms with Crippen molar-refractivity contribution in [1.29, 1.82) is 0 Å². The van der Waals surface area contributed by atoms with E-state index in [0.717, 1.165) is 23.9 Å². The second kappa shape index (κ2) is 4.83. The fraction of sp³-hybridized carbons (Fsp3) is 0.500. The molecule has 0 bridgehead atoms. The number of aliphatic hydroxyl groups is 1. The third-order valence-corrected chi connectivity index (χ3v) is 3.87. The number of rotatable bonds is 2. The summed E-state index contributed by atoms with van der Waals surface area (Å²) in [5.41, 5.74) is 2.07. The maximum atomic E-state index is 11.4. The third kappa shape index (κ3) is 2.19. The number of aromatic nitrogens is 1. The van der Waals surface area contributed by atoms with E-state index in [1.807, 2.05) is 12.1 Å². The number of fused-ring (bicyclic) bond motifs is 1. The molecule has 1 aromatic heterocycles. The van der Waals surface area contributed by atoms with Crippen LogP contribution < -0.4 is 5.76 Å². The quantitative estimate of drug-likeness (QED) is 0.893. The van der Waals surface area contributed by atoms with E-state index in [1.165, 1.54) is 4.57 Å². The Kier molecular flexibility index (Phi) is 3.16.